The molecule has 0 spiro atoms. The number of hydrogen-bond acceptors (Lipinski definition) is 1. The molecule has 0 amide bonds. The molecule has 0 saturated carbocycles. The minimum atomic E-state index is 1.11. The van der Waals surface area contributed by atoms with Crippen LogP contribution < -0.4 is 0 Å². The van der Waals surface area contributed by atoms with E-state index >= 15 is 0 Å². The van der Waals surface area contributed by atoms with Crippen molar-refractivity contribution in [2.45, 2.75) is 18.2 Å². The highest BCUT2D eigenvalue weighted by Crippen LogP contribution is 2.24. The van der Waals surface area contributed by atoms with Gasteiger partial charge in [0, 0.05) is 4.90 Å². The summed E-state index contributed by atoms with van der Waals surface area (Å²) in [6.07, 6.45) is 1.11. The summed E-state index contributed by atoms with van der Waals surface area (Å²) in [6, 6.07) is 8.52. The maximum absolute atomic E-state index is 3.34. The molecule has 0 saturated heterocycles. The Bertz CT molecular complexity index is 191. The molecule has 2 heteroatoms. The van der Waals surface area contributed by atoms with E-state index in [0.717, 1.165) is 6.42 Å². The summed E-state index contributed by atoms with van der Waals surface area (Å²) < 4.78 is 0. The molecule has 54 valence electrons. The summed E-state index contributed by atoms with van der Waals surface area (Å²) in [4.78, 5) is 1.28. The quantitative estimate of drug-likeness (QED) is 0.728. The highest BCUT2D eigenvalue weighted by atomic mass is 79.9. The van der Waals surface area contributed by atoms with Crippen molar-refractivity contribution >= 4 is 25.0 Å². The van der Waals surface area contributed by atoms with Crippen LogP contribution in [0.25, 0.3) is 0 Å². The Balaban J connectivity index is 2.87. The lowest BCUT2D eigenvalue weighted by Crippen LogP contribution is -1.77. The summed E-state index contributed by atoms with van der Waals surface area (Å²) >= 11 is 3.34. The van der Waals surface area contributed by atoms with Gasteiger partial charge in [-0.05, 0) is 49.1 Å². The molecule has 0 N–H and O–H groups in total. The fourth-order valence-electron chi connectivity index (χ4n) is 0.813. The smallest absolute Gasteiger partial charge is 0.0191 e. The van der Waals surface area contributed by atoms with Gasteiger partial charge in [0.25, 0.3) is 0 Å². The zero-order valence-corrected chi connectivity index (χ0v) is 8.21. The Morgan fingerprint density at radius 1 is 1.50 bits per heavy atom. The molecule has 0 unspecified atom stereocenters. The van der Waals surface area contributed by atoms with Crippen LogP contribution in [-0.2, 0) is 6.42 Å². The van der Waals surface area contributed by atoms with Crippen LogP contribution in [0.2, 0.25) is 0 Å². The molecule has 1 rings (SSSR count). The lowest BCUT2D eigenvalue weighted by molar-refractivity contribution is 1.12. The molecule has 0 aliphatic heterocycles. The molecule has 0 aromatic heterocycles. The summed E-state index contributed by atoms with van der Waals surface area (Å²) in [7, 11) is 1.61. The van der Waals surface area contributed by atoms with Crippen LogP contribution >= 0.6 is 25.0 Å². The van der Waals surface area contributed by atoms with Gasteiger partial charge in [-0.15, -0.1) is 0 Å². The summed E-state index contributed by atoms with van der Waals surface area (Å²) in [5.74, 6) is 0. The average molecular weight is 217 g/mol. The van der Waals surface area contributed by atoms with Crippen LogP contribution in [0.1, 0.15) is 12.5 Å². The highest BCUT2D eigenvalue weighted by molar-refractivity contribution is 9.50. The lowest BCUT2D eigenvalue weighted by Gasteiger charge is -1.97. The third kappa shape index (κ3) is 2.03. The first-order valence-electron chi connectivity index (χ1n) is 3.24. The van der Waals surface area contributed by atoms with E-state index < -0.39 is 0 Å². The monoisotopic (exact) mass is 216 g/mol. The molecule has 1 aromatic carbocycles. The summed E-state index contributed by atoms with van der Waals surface area (Å²) in [5.41, 5.74) is 1.39. The van der Waals surface area contributed by atoms with E-state index in [1.807, 2.05) is 0 Å². The number of halogens is 1. The van der Waals surface area contributed by atoms with Gasteiger partial charge in [0.1, 0.15) is 0 Å². The van der Waals surface area contributed by atoms with E-state index in [4.69, 9.17) is 0 Å². The second-order valence-electron chi connectivity index (χ2n) is 2.08. The minimum Gasteiger partial charge on any atom is -0.0613 e. The maximum atomic E-state index is 3.34. The second kappa shape index (κ2) is 4.04. The predicted molar refractivity (Wildman–Crippen MR) is 50.6 cm³/mol. The van der Waals surface area contributed by atoms with Crippen molar-refractivity contribution in [3.8, 4) is 0 Å². The van der Waals surface area contributed by atoms with Gasteiger partial charge in [-0.2, -0.15) is 0 Å². The van der Waals surface area contributed by atoms with Crippen molar-refractivity contribution in [2.24, 2.45) is 0 Å². The highest BCUT2D eigenvalue weighted by Gasteiger charge is 1.91. The van der Waals surface area contributed by atoms with Crippen molar-refractivity contribution in [2.75, 3.05) is 0 Å². The van der Waals surface area contributed by atoms with Gasteiger partial charge in [0.15, 0.2) is 0 Å². The summed E-state index contributed by atoms with van der Waals surface area (Å²) in [5, 5.41) is 0. The molecular formula is C8H9BrS. The lowest BCUT2D eigenvalue weighted by atomic mass is 10.2. The fourth-order valence-corrected chi connectivity index (χ4v) is 1.74. The molecule has 10 heavy (non-hydrogen) atoms. The van der Waals surface area contributed by atoms with Crippen LogP contribution in [-0.4, -0.2) is 0 Å². The Morgan fingerprint density at radius 2 is 2.30 bits per heavy atom. The third-order valence-electron chi connectivity index (χ3n) is 1.40. The Morgan fingerprint density at radius 3 is 2.90 bits per heavy atom. The summed E-state index contributed by atoms with van der Waals surface area (Å²) in [6.45, 7) is 2.16. The molecule has 0 aliphatic rings. The zero-order valence-electron chi connectivity index (χ0n) is 5.80. The van der Waals surface area contributed by atoms with Crippen molar-refractivity contribution in [3.05, 3.63) is 29.8 Å². The Hall–Kier alpha value is 0.0500. The van der Waals surface area contributed by atoms with Gasteiger partial charge < -0.3 is 0 Å². The molecule has 0 radical (unpaired) electrons. The van der Waals surface area contributed by atoms with E-state index in [1.165, 1.54) is 10.5 Å². The van der Waals surface area contributed by atoms with E-state index in [0.29, 0.717) is 0 Å². The Labute approximate surface area is 73.2 Å². The van der Waals surface area contributed by atoms with Crippen molar-refractivity contribution in [1.29, 1.82) is 0 Å². The largest absolute Gasteiger partial charge is 0.0613 e. The maximum Gasteiger partial charge on any atom is 0.0191 e. The van der Waals surface area contributed by atoms with E-state index in [9.17, 15) is 0 Å². The number of hydrogen-bond donors (Lipinski definition) is 0. The molecule has 0 atom stereocenters. The van der Waals surface area contributed by atoms with Gasteiger partial charge in [0.2, 0.25) is 0 Å². The van der Waals surface area contributed by atoms with Crippen LogP contribution in [0, 0.1) is 0 Å². The number of rotatable bonds is 2. The van der Waals surface area contributed by atoms with Gasteiger partial charge in [-0.3, -0.25) is 0 Å². The van der Waals surface area contributed by atoms with Crippen LogP contribution in [0.5, 0.6) is 0 Å². The average Bonchev–Trinajstić information content (AvgIpc) is 2.05. The SMILES string of the molecule is CCc1cccc(SBr)c1. The van der Waals surface area contributed by atoms with E-state index in [1.54, 1.807) is 10.2 Å². The van der Waals surface area contributed by atoms with Crippen molar-refractivity contribution in [1.82, 2.24) is 0 Å². The van der Waals surface area contributed by atoms with Crippen molar-refractivity contribution < 1.29 is 0 Å². The van der Waals surface area contributed by atoms with E-state index in [2.05, 4.69) is 46.0 Å². The van der Waals surface area contributed by atoms with Gasteiger partial charge >= 0.3 is 0 Å². The minimum absolute atomic E-state index is 1.11. The van der Waals surface area contributed by atoms with E-state index in [-0.39, 0.29) is 0 Å². The van der Waals surface area contributed by atoms with Gasteiger partial charge in [-0.1, -0.05) is 19.1 Å². The van der Waals surface area contributed by atoms with Crippen LogP contribution in [0.15, 0.2) is 29.2 Å². The normalized spacial score (nSPS) is 9.80. The second-order valence-corrected chi connectivity index (χ2v) is 3.68. The molecule has 0 bridgehead atoms. The number of benzene rings is 1. The molecule has 0 heterocycles. The van der Waals surface area contributed by atoms with Gasteiger partial charge in [-0.25, -0.2) is 0 Å². The first kappa shape index (κ1) is 8.15. The first-order chi connectivity index (χ1) is 4.86. The molecule has 0 fully saturated rings. The molecule has 0 aliphatic carbocycles. The Kier molecular flexibility index (Phi) is 3.29. The van der Waals surface area contributed by atoms with Crippen LogP contribution in [0.4, 0.5) is 0 Å². The van der Waals surface area contributed by atoms with Crippen molar-refractivity contribution in [3.63, 3.8) is 0 Å². The van der Waals surface area contributed by atoms with Gasteiger partial charge in [0.05, 0.1) is 0 Å². The third-order valence-corrected chi connectivity index (χ3v) is 2.95. The fraction of sp³-hybridized carbons (Fsp3) is 0.250. The molecule has 1 aromatic rings. The number of aryl methyl sites for hydroxylation is 1. The molecular weight excluding hydrogens is 208 g/mol. The molecule has 0 nitrogen and oxygen atoms in total. The zero-order chi connectivity index (χ0) is 7.40. The standard InChI is InChI=1S/C8H9BrS/c1-2-7-4-3-5-8(6-7)10-9/h3-6H,2H2,1H3. The predicted octanol–water partition coefficient (Wildman–Crippen LogP) is 3.65. The van der Waals surface area contributed by atoms with Crippen LogP contribution in [0.3, 0.4) is 0 Å². The first-order valence-corrected chi connectivity index (χ1v) is 5.90. The topological polar surface area (TPSA) is 0 Å².